The number of para-hydroxylation sites is 1. The molecule has 0 N–H and O–H groups in total. The third-order valence-electron chi connectivity index (χ3n) is 2.47. The summed E-state index contributed by atoms with van der Waals surface area (Å²) in [6.45, 7) is 0. The Balaban J connectivity index is 2.53. The Kier molecular flexibility index (Phi) is 4.53. The number of nitrogens with zero attached hydrogens (tertiary/aromatic N) is 2. The molecule has 0 heterocycles. The minimum absolute atomic E-state index is 0.0850. The van der Waals surface area contributed by atoms with Gasteiger partial charge in [0.25, 0.3) is 0 Å². The maximum atomic E-state index is 11.0. The quantitative estimate of drug-likeness (QED) is 0.524. The molecular formula is C12H6Br2N2O5. The Morgan fingerprint density at radius 3 is 2.24 bits per heavy atom. The molecule has 0 aromatic heterocycles. The van der Waals surface area contributed by atoms with Crippen molar-refractivity contribution >= 4 is 43.2 Å². The molecule has 0 saturated carbocycles. The molecule has 9 heteroatoms. The van der Waals surface area contributed by atoms with Gasteiger partial charge in [-0.2, -0.15) is 0 Å². The highest BCUT2D eigenvalue weighted by Crippen LogP contribution is 2.41. The molecule has 0 fully saturated rings. The molecule has 0 bridgehead atoms. The molecule has 0 amide bonds. The van der Waals surface area contributed by atoms with E-state index in [1.807, 2.05) is 0 Å². The third-order valence-corrected chi connectivity index (χ3v) is 3.59. The average Bonchev–Trinajstić information content (AvgIpc) is 2.42. The van der Waals surface area contributed by atoms with E-state index in [4.69, 9.17) is 4.74 Å². The summed E-state index contributed by atoms with van der Waals surface area (Å²) in [6.07, 6.45) is 0. The Morgan fingerprint density at radius 2 is 1.62 bits per heavy atom. The topological polar surface area (TPSA) is 95.5 Å². The standard InChI is InChI=1S/C12H6Br2N2O5/c13-7-4-5-11(10(6-7)16(19)20)21-12-8(14)2-1-3-9(12)15(17)18/h1-6H. The highest BCUT2D eigenvalue weighted by Gasteiger charge is 2.23. The van der Waals surface area contributed by atoms with Crippen LogP contribution in [0.4, 0.5) is 11.4 Å². The lowest BCUT2D eigenvalue weighted by Gasteiger charge is -2.08. The van der Waals surface area contributed by atoms with Gasteiger partial charge >= 0.3 is 11.4 Å². The number of halogens is 2. The van der Waals surface area contributed by atoms with Gasteiger partial charge in [0.2, 0.25) is 11.5 Å². The summed E-state index contributed by atoms with van der Waals surface area (Å²) >= 11 is 6.27. The van der Waals surface area contributed by atoms with Crippen LogP contribution in [0.15, 0.2) is 45.3 Å². The van der Waals surface area contributed by atoms with E-state index in [2.05, 4.69) is 31.9 Å². The first-order valence-electron chi connectivity index (χ1n) is 5.45. The number of hydrogen-bond donors (Lipinski definition) is 0. The Hall–Kier alpha value is -2.00. The molecule has 2 aromatic rings. The van der Waals surface area contributed by atoms with E-state index in [0.29, 0.717) is 8.95 Å². The van der Waals surface area contributed by atoms with Crippen LogP contribution in [-0.2, 0) is 0 Å². The van der Waals surface area contributed by atoms with Crippen molar-refractivity contribution in [2.45, 2.75) is 0 Å². The summed E-state index contributed by atoms with van der Waals surface area (Å²) in [5.74, 6) is -0.175. The van der Waals surface area contributed by atoms with Crippen molar-refractivity contribution < 1.29 is 14.6 Å². The lowest BCUT2D eigenvalue weighted by molar-refractivity contribution is -0.387. The van der Waals surface area contributed by atoms with E-state index in [1.165, 1.54) is 24.3 Å². The number of ether oxygens (including phenoxy) is 1. The second kappa shape index (κ2) is 6.19. The summed E-state index contributed by atoms with van der Waals surface area (Å²) < 4.78 is 6.23. The lowest BCUT2D eigenvalue weighted by atomic mass is 10.2. The molecule has 2 rings (SSSR count). The van der Waals surface area contributed by atoms with Gasteiger partial charge in [0.15, 0.2) is 0 Å². The van der Waals surface area contributed by atoms with E-state index in [-0.39, 0.29) is 22.9 Å². The van der Waals surface area contributed by atoms with E-state index in [0.717, 1.165) is 0 Å². The van der Waals surface area contributed by atoms with Gasteiger partial charge in [0.1, 0.15) is 0 Å². The Bertz CT molecular complexity index is 736. The van der Waals surface area contributed by atoms with Gasteiger partial charge in [-0.25, -0.2) is 0 Å². The largest absolute Gasteiger partial charge is 0.442 e. The van der Waals surface area contributed by atoms with E-state index >= 15 is 0 Å². The Labute approximate surface area is 135 Å². The second-order valence-electron chi connectivity index (χ2n) is 3.82. The third kappa shape index (κ3) is 3.37. The summed E-state index contributed by atoms with van der Waals surface area (Å²) in [4.78, 5) is 20.8. The van der Waals surface area contributed by atoms with Crippen molar-refractivity contribution in [1.29, 1.82) is 0 Å². The van der Waals surface area contributed by atoms with Gasteiger partial charge in [-0.05, 0) is 34.1 Å². The summed E-state index contributed by atoms with van der Waals surface area (Å²) in [6, 6.07) is 8.46. The smallest absolute Gasteiger partial charge is 0.312 e. The van der Waals surface area contributed by atoms with Crippen LogP contribution >= 0.6 is 31.9 Å². The number of benzene rings is 2. The van der Waals surface area contributed by atoms with Crippen LogP contribution in [0.25, 0.3) is 0 Å². The SMILES string of the molecule is O=[N+]([O-])c1cc(Br)ccc1Oc1c(Br)cccc1[N+](=O)[O-]. The van der Waals surface area contributed by atoms with Crippen LogP contribution in [0.1, 0.15) is 0 Å². The first kappa shape index (κ1) is 15.4. The molecular weight excluding hydrogens is 412 g/mol. The molecule has 0 radical (unpaired) electrons. The fourth-order valence-corrected chi connectivity index (χ4v) is 2.36. The van der Waals surface area contributed by atoms with Crippen molar-refractivity contribution in [2.75, 3.05) is 0 Å². The minimum atomic E-state index is -0.622. The van der Waals surface area contributed by atoms with Gasteiger partial charge in [0, 0.05) is 16.6 Å². The van der Waals surface area contributed by atoms with Crippen molar-refractivity contribution in [2.24, 2.45) is 0 Å². The van der Waals surface area contributed by atoms with Gasteiger partial charge < -0.3 is 4.74 Å². The first-order chi connectivity index (χ1) is 9.90. The average molecular weight is 418 g/mol. The van der Waals surface area contributed by atoms with Crippen LogP contribution < -0.4 is 4.74 Å². The van der Waals surface area contributed by atoms with Crippen molar-refractivity contribution in [3.8, 4) is 11.5 Å². The Morgan fingerprint density at radius 1 is 0.952 bits per heavy atom. The fraction of sp³-hybridized carbons (Fsp3) is 0. The van der Waals surface area contributed by atoms with Crippen LogP contribution in [0.3, 0.4) is 0 Å². The van der Waals surface area contributed by atoms with Crippen molar-refractivity contribution in [1.82, 2.24) is 0 Å². The molecule has 0 unspecified atom stereocenters. The van der Waals surface area contributed by atoms with Crippen molar-refractivity contribution in [3.05, 3.63) is 65.6 Å². The normalized spacial score (nSPS) is 10.2. The van der Waals surface area contributed by atoms with Crippen LogP contribution in [0, 0.1) is 20.2 Å². The second-order valence-corrected chi connectivity index (χ2v) is 5.59. The number of hydrogen-bond acceptors (Lipinski definition) is 5. The van der Waals surface area contributed by atoms with Crippen LogP contribution in [0.5, 0.6) is 11.5 Å². The summed E-state index contributed by atoms with van der Waals surface area (Å²) in [5.41, 5.74) is -0.587. The van der Waals surface area contributed by atoms with E-state index < -0.39 is 9.85 Å². The molecule has 0 aliphatic carbocycles. The number of nitro benzene ring substituents is 2. The fourth-order valence-electron chi connectivity index (χ4n) is 1.57. The zero-order valence-electron chi connectivity index (χ0n) is 10.2. The van der Waals surface area contributed by atoms with Crippen LogP contribution in [0.2, 0.25) is 0 Å². The molecule has 0 saturated heterocycles. The van der Waals surface area contributed by atoms with E-state index in [1.54, 1.807) is 12.1 Å². The molecule has 0 aliphatic heterocycles. The number of rotatable bonds is 4. The zero-order valence-corrected chi connectivity index (χ0v) is 13.3. The monoisotopic (exact) mass is 416 g/mol. The van der Waals surface area contributed by atoms with Gasteiger partial charge in [-0.3, -0.25) is 20.2 Å². The summed E-state index contributed by atoms with van der Waals surface area (Å²) in [5, 5.41) is 22.0. The zero-order chi connectivity index (χ0) is 15.6. The maximum Gasteiger partial charge on any atom is 0.312 e. The molecule has 21 heavy (non-hydrogen) atoms. The predicted molar refractivity (Wildman–Crippen MR) is 81.7 cm³/mol. The molecule has 2 aromatic carbocycles. The maximum absolute atomic E-state index is 11.0. The lowest BCUT2D eigenvalue weighted by Crippen LogP contribution is -1.97. The predicted octanol–water partition coefficient (Wildman–Crippen LogP) is 4.82. The van der Waals surface area contributed by atoms with E-state index in [9.17, 15) is 20.2 Å². The first-order valence-corrected chi connectivity index (χ1v) is 7.03. The molecule has 0 spiro atoms. The molecule has 0 aliphatic rings. The van der Waals surface area contributed by atoms with Crippen molar-refractivity contribution in [3.63, 3.8) is 0 Å². The highest BCUT2D eigenvalue weighted by molar-refractivity contribution is 9.10. The molecule has 108 valence electrons. The minimum Gasteiger partial charge on any atom is -0.442 e. The number of nitro groups is 2. The van der Waals surface area contributed by atoms with Gasteiger partial charge in [0.05, 0.1) is 14.3 Å². The highest BCUT2D eigenvalue weighted by atomic mass is 79.9. The van der Waals surface area contributed by atoms with Gasteiger partial charge in [-0.15, -0.1) is 0 Å². The van der Waals surface area contributed by atoms with Crippen LogP contribution in [-0.4, -0.2) is 9.85 Å². The van der Waals surface area contributed by atoms with Gasteiger partial charge in [-0.1, -0.05) is 22.0 Å². The molecule has 7 nitrogen and oxygen atoms in total. The molecule has 0 atom stereocenters. The summed E-state index contributed by atoms with van der Waals surface area (Å²) in [7, 11) is 0.